The first-order valence-electron chi connectivity index (χ1n) is 4.32. The Kier molecular flexibility index (Phi) is 2.02. The lowest BCUT2D eigenvalue weighted by Gasteiger charge is -2.24. The minimum absolute atomic E-state index is 0.784. The zero-order chi connectivity index (χ0) is 9.97. The first kappa shape index (κ1) is 8.50. The van der Waals surface area contributed by atoms with Crippen LogP contribution in [0, 0.1) is 0 Å². The van der Waals surface area contributed by atoms with Crippen molar-refractivity contribution in [3.05, 3.63) is 48.1 Å². The lowest BCUT2D eigenvalue weighted by Crippen LogP contribution is -2.19. The van der Waals surface area contributed by atoms with Gasteiger partial charge in [0, 0.05) is 12.4 Å². The van der Waals surface area contributed by atoms with Gasteiger partial charge in [-0.1, -0.05) is 12.1 Å². The van der Waals surface area contributed by atoms with E-state index in [1.54, 1.807) is 0 Å². The molecule has 0 spiro atoms. The first-order chi connectivity index (χ1) is 6.85. The van der Waals surface area contributed by atoms with E-state index in [0.717, 1.165) is 22.8 Å². The predicted molar refractivity (Wildman–Crippen MR) is 58.2 cm³/mol. The van der Waals surface area contributed by atoms with Crippen molar-refractivity contribution < 1.29 is 0 Å². The highest BCUT2D eigenvalue weighted by Crippen LogP contribution is 2.30. The monoisotopic (exact) mass is 188 g/mol. The summed E-state index contributed by atoms with van der Waals surface area (Å²) in [5.74, 6) is 0. The molecule has 1 aliphatic rings. The van der Waals surface area contributed by atoms with Gasteiger partial charge in [0.15, 0.2) is 0 Å². The smallest absolute Gasteiger partial charge is 0.0796 e. The van der Waals surface area contributed by atoms with Crippen molar-refractivity contribution in [2.75, 3.05) is 10.6 Å². The van der Waals surface area contributed by atoms with Crippen LogP contribution in [0.15, 0.2) is 48.1 Å². The summed E-state index contributed by atoms with van der Waals surface area (Å²) in [6.45, 7) is 0. The van der Waals surface area contributed by atoms with Crippen LogP contribution in [0.1, 0.15) is 0 Å². The van der Waals surface area contributed by atoms with Crippen molar-refractivity contribution in [2.45, 2.75) is 0 Å². The maximum absolute atomic E-state index is 5.47. The summed E-state index contributed by atoms with van der Waals surface area (Å²) in [7, 11) is 0. The number of anilines is 2. The Morgan fingerprint density at radius 2 is 1.29 bits per heavy atom. The maximum Gasteiger partial charge on any atom is 0.0796 e. The van der Waals surface area contributed by atoms with E-state index in [2.05, 4.69) is 10.6 Å². The molecule has 0 atom stereocenters. The van der Waals surface area contributed by atoms with Gasteiger partial charge in [0.2, 0.25) is 0 Å². The van der Waals surface area contributed by atoms with Crippen molar-refractivity contribution in [1.29, 1.82) is 0 Å². The van der Waals surface area contributed by atoms with Crippen LogP contribution >= 0.6 is 0 Å². The Morgan fingerprint density at radius 1 is 0.857 bits per heavy atom. The van der Waals surface area contributed by atoms with Gasteiger partial charge in [0.05, 0.1) is 22.8 Å². The van der Waals surface area contributed by atoms with Gasteiger partial charge in [-0.15, -0.1) is 0 Å². The fourth-order valence-corrected chi connectivity index (χ4v) is 1.39. The molecule has 0 saturated carbocycles. The van der Waals surface area contributed by atoms with E-state index >= 15 is 0 Å². The van der Waals surface area contributed by atoms with Crippen LogP contribution in [0.2, 0.25) is 0 Å². The van der Waals surface area contributed by atoms with Crippen LogP contribution < -0.4 is 22.1 Å². The summed E-state index contributed by atoms with van der Waals surface area (Å²) < 4.78 is 0. The number of benzene rings is 1. The SMILES string of the molecule is N/C=C1/Nc2ccccc2N/C1=C/N. The molecule has 0 saturated heterocycles. The van der Waals surface area contributed by atoms with Crippen LogP contribution in [-0.4, -0.2) is 0 Å². The summed E-state index contributed by atoms with van der Waals surface area (Å²) in [6, 6.07) is 7.86. The van der Waals surface area contributed by atoms with E-state index < -0.39 is 0 Å². The molecule has 72 valence electrons. The number of para-hydroxylation sites is 2. The molecule has 0 unspecified atom stereocenters. The van der Waals surface area contributed by atoms with E-state index in [1.165, 1.54) is 12.4 Å². The Labute approximate surface area is 82.3 Å². The molecule has 1 heterocycles. The molecule has 2 rings (SSSR count). The zero-order valence-electron chi connectivity index (χ0n) is 7.62. The zero-order valence-corrected chi connectivity index (χ0v) is 7.62. The number of rotatable bonds is 0. The maximum atomic E-state index is 5.47. The van der Waals surface area contributed by atoms with Crippen molar-refractivity contribution in [3.8, 4) is 0 Å². The third kappa shape index (κ3) is 1.26. The third-order valence-corrected chi connectivity index (χ3v) is 2.09. The highest BCUT2D eigenvalue weighted by molar-refractivity contribution is 5.78. The van der Waals surface area contributed by atoms with Crippen LogP contribution in [-0.2, 0) is 0 Å². The van der Waals surface area contributed by atoms with E-state index in [-0.39, 0.29) is 0 Å². The van der Waals surface area contributed by atoms with Crippen LogP contribution in [0.3, 0.4) is 0 Å². The summed E-state index contributed by atoms with van der Waals surface area (Å²) >= 11 is 0. The van der Waals surface area contributed by atoms with E-state index in [0.29, 0.717) is 0 Å². The Morgan fingerprint density at radius 3 is 1.64 bits per heavy atom. The van der Waals surface area contributed by atoms with Gasteiger partial charge in [-0.25, -0.2) is 0 Å². The molecule has 0 aromatic heterocycles. The standard InChI is InChI=1S/C10H12N4/c11-5-9-10(6-12)14-8-4-2-1-3-7(8)13-9/h1-6,13-14H,11-12H2/b9-5+,10-6+. The summed E-state index contributed by atoms with van der Waals surface area (Å²) in [6.07, 6.45) is 2.98. The van der Waals surface area contributed by atoms with E-state index in [4.69, 9.17) is 11.5 Å². The quantitative estimate of drug-likeness (QED) is 0.492. The normalized spacial score (nSPS) is 20.0. The molecule has 4 nitrogen and oxygen atoms in total. The van der Waals surface area contributed by atoms with Crippen LogP contribution in [0.4, 0.5) is 11.4 Å². The minimum Gasteiger partial charge on any atom is -0.403 e. The van der Waals surface area contributed by atoms with Gasteiger partial charge in [0.1, 0.15) is 0 Å². The Hall–Kier alpha value is -2.10. The Balaban J connectivity index is 2.45. The molecule has 0 amide bonds. The van der Waals surface area contributed by atoms with E-state index in [9.17, 15) is 0 Å². The van der Waals surface area contributed by atoms with Crippen LogP contribution in [0.25, 0.3) is 0 Å². The summed E-state index contributed by atoms with van der Waals surface area (Å²) in [4.78, 5) is 0. The van der Waals surface area contributed by atoms with E-state index in [1.807, 2.05) is 24.3 Å². The molecule has 1 aliphatic heterocycles. The summed E-state index contributed by atoms with van der Waals surface area (Å²) in [5.41, 5.74) is 14.5. The second-order valence-electron chi connectivity index (χ2n) is 2.96. The fourth-order valence-electron chi connectivity index (χ4n) is 1.39. The number of nitrogens with one attached hydrogen (secondary N) is 2. The molecule has 1 aromatic rings. The largest absolute Gasteiger partial charge is 0.403 e. The minimum atomic E-state index is 0.784. The van der Waals surface area contributed by atoms with Gasteiger partial charge in [-0.05, 0) is 12.1 Å². The summed E-state index contributed by atoms with van der Waals surface area (Å²) in [5, 5.41) is 6.35. The van der Waals surface area contributed by atoms with Crippen molar-refractivity contribution in [1.82, 2.24) is 0 Å². The van der Waals surface area contributed by atoms with Crippen molar-refractivity contribution in [3.63, 3.8) is 0 Å². The average Bonchev–Trinajstić information content (AvgIpc) is 2.27. The number of hydrogen-bond acceptors (Lipinski definition) is 4. The van der Waals surface area contributed by atoms with Crippen molar-refractivity contribution in [2.24, 2.45) is 11.5 Å². The molecule has 0 bridgehead atoms. The molecule has 0 fully saturated rings. The van der Waals surface area contributed by atoms with Gasteiger partial charge < -0.3 is 22.1 Å². The highest BCUT2D eigenvalue weighted by atomic mass is 15.1. The molecule has 0 radical (unpaired) electrons. The van der Waals surface area contributed by atoms with Gasteiger partial charge in [-0.2, -0.15) is 0 Å². The highest BCUT2D eigenvalue weighted by Gasteiger charge is 2.14. The molecule has 14 heavy (non-hydrogen) atoms. The van der Waals surface area contributed by atoms with Gasteiger partial charge >= 0.3 is 0 Å². The predicted octanol–water partition coefficient (Wildman–Crippen LogP) is 1.12. The van der Waals surface area contributed by atoms with Crippen molar-refractivity contribution >= 4 is 11.4 Å². The number of nitrogens with two attached hydrogens (primary N) is 2. The second-order valence-corrected chi connectivity index (χ2v) is 2.96. The Bertz CT molecular complexity index is 367. The van der Waals surface area contributed by atoms with Crippen LogP contribution in [0.5, 0.6) is 0 Å². The van der Waals surface area contributed by atoms with Gasteiger partial charge in [-0.3, -0.25) is 0 Å². The topological polar surface area (TPSA) is 76.1 Å². The molecular formula is C10H12N4. The lowest BCUT2D eigenvalue weighted by molar-refractivity contribution is 1.24. The lowest BCUT2D eigenvalue weighted by atomic mass is 10.2. The number of hydrogen-bond donors (Lipinski definition) is 4. The molecule has 4 heteroatoms. The second kappa shape index (κ2) is 3.33. The molecule has 6 N–H and O–H groups in total. The number of fused-ring (bicyclic) bond motifs is 1. The van der Waals surface area contributed by atoms with Gasteiger partial charge in [0.25, 0.3) is 0 Å². The third-order valence-electron chi connectivity index (χ3n) is 2.09. The molecule has 1 aromatic carbocycles. The fraction of sp³-hybridized carbons (Fsp3) is 0. The first-order valence-corrected chi connectivity index (χ1v) is 4.32. The molecule has 0 aliphatic carbocycles. The molecular weight excluding hydrogens is 176 g/mol. The average molecular weight is 188 g/mol.